The maximum Gasteiger partial charge on any atom is 0.131 e. The van der Waals surface area contributed by atoms with Gasteiger partial charge in [-0.05, 0) is 38.8 Å². The van der Waals surface area contributed by atoms with Gasteiger partial charge < -0.3 is 4.79 Å². The fourth-order valence-corrected chi connectivity index (χ4v) is 2.67. The van der Waals surface area contributed by atoms with Crippen LogP contribution in [0.4, 0.5) is 0 Å². The van der Waals surface area contributed by atoms with Gasteiger partial charge >= 0.3 is 0 Å². The largest absolute Gasteiger partial charge is 0.302 e. The van der Waals surface area contributed by atoms with Crippen molar-refractivity contribution in [3.05, 3.63) is 35.9 Å². The van der Waals surface area contributed by atoms with E-state index in [0.29, 0.717) is 6.04 Å². The predicted molar refractivity (Wildman–Crippen MR) is 70.1 cm³/mol. The van der Waals surface area contributed by atoms with Gasteiger partial charge in [0, 0.05) is 12.6 Å². The van der Waals surface area contributed by atoms with Crippen LogP contribution < -0.4 is 0 Å². The number of carbonyl (C=O) groups is 1. The zero-order chi connectivity index (χ0) is 12.3. The van der Waals surface area contributed by atoms with Crippen molar-refractivity contribution in [2.75, 3.05) is 13.1 Å². The van der Waals surface area contributed by atoms with Crippen molar-refractivity contribution in [3.63, 3.8) is 0 Å². The second kappa shape index (κ2) is 5.01. The van der Waals surface area contributed by atoms with Crippen molar-refractivity contribution in [2.45, 2.75) is 38.1 Å². The van der Waals surface area contributed by atoms with E-state index in [2.05, 4.69) is 24.0 Å². The van der Waals surface area contributed by atoms with Crippen molar-refractivity contribution in [1.29, 1.82) is 0 Å². The van der Waals surface area contributed by atoms with Crippen LogP contribution in [0.2, 0.25) is 0 Å². The second-order valence-electron chi connectivity index (χ2n) is 5.36. The molecule has 0 spiro atoms. The van der Waals surface area contributed by atoms with E-state index in [0.717, 1.165) is 24.9 Å². The van der Waals surface area contributed by atoms with E-state index in [1.807, 2.05) is 25.1 Å². The van der Waals surface area contributed by atoms with Crippen molar-refractivity contribution >= 4 is 6.29 Å². The predicted octanol–water partition coefficient (Wildman–Crippen LogP) is 2.63. The van der Waals surface area contributed by atoms with Crippen molar-refractivity contribution in [3.8, 4) is 0 Å². The van der Waals surface area contributed by atoms with E-state index in [1.165, 1.54) is 12.8 Å². The molecule has 0 radical (unpaired) electrons. The maximum absolute atomic E-state index is 11.5. The number of hydrogen-bond acceptors (Lipinski definition) is 2. The van der Waals surface area contributed by atoms with Gasteiger partial charge in [0.25, 0.3) is 0 Å². The zero-order valence-electron chi connectivity index (χ0n) is 10.7. The molecule has 1 saturated heterocycles. The van der Waals surface area contributed by atoms with Crippen LogP contribution in [0.1, 0.15) is 32.3 Å². The molecule has 2 unspecified atom stereocenters. The monoisotopic (exact) mass is 231 g/mol. The highest BCUT2D eigenvalue weighted by molar-refractivity contribution is 5.68. The third-order valence-electron chi connectivity index (χ3n) is 3.92. The molecule has 1 fully saturated rings. The Morgan fingerprint density at radius 3 is 2.65 bits per heavy atom. The number of benzene rings is 1. The van der Waals surface area contributed by atoms with Gasteiger partial charge in [-0.3, -0.25) is 4.90 Å². The van der Waals surface area contributed by atoms with Gasteiger partial charge in [-0.25, -0.2) is 0 Å². The van der Waals surface area contributed by atoms with E-state index in [9.17, 15) is 4.79 Å². The van der Waals surface area contributed by atoms with Gasteiger partial charge in [-0.15, -0.1) is 0 Å². The second-order valence-corrected chi connectivity index (χ2v) is 5.36. The molecule has 0 amide bonds. The van der Waals surface area contributed by atoms with Crippen LogP contribution in [0.15, 0.2) is 30.3 Å². The summed E-state index contributed by atoms with van der Waals surface area (Å²) < 4.78 is 0. The lowest BCUT2D eigenvalue weighted by molar-refractivity contribution is -0.112. The molecule has 1 aromatic rings. The van der Waals surface area contributed by atoms with Gasteiger partial charge in [0.1, 0.15) is 6.29 Å². The van der Waals surface area contributed by atoms with Crippen LogP contribution in [0.3, 0.4) is 0 Å². The molecule has 2 heteroatoms. The summed E-state index contributed by atoms with van der Waals surface area (Å²) in [5, 5.41) is 0. The Morgan fingerprint density at radius 2 is 2.12 bits per heavy atom. The first kappa shape index (κ1) is 12.3. The summed E-state index contributed by atoms with van der Waals surface area (Å²) in [4.78, 5) is 13.9. The Labute approximate surface area is 104 Å². The van der Waals surface area contributed by atoms with E-state index >= 15 is 0 Å². The topological polar surface area (TPSA) is 20.3 Å². The molecule has 2 rings (SSSR count). The summed E-state index contributed by atoms with van der Waals surface area (Å²) in [6.45, 7) is 6.25. The highest BCUT2D eigenvalue weighted by atomic mass is 16.1. The minimum atomic E-state index is -0.375. The lowest BCUT2D eigenvalue weighted by Gasteiger charge is -2.31. The number of rotatable bonds is 4. The standard InChI is InChI=1S/C15H21NO/c1-13-7-6-10-16(13)11-15(2,12-17)14-8-4-3-5-9-14/h3-5,8-9,12-13H,6-7,10-11H2,1-2H3. The molecule has 0 aliphatic carbocycles. The Morgan fingerprint density at radius 1 is 1.41 bits per heavy atom. The van der Waals surface area contributed by atoms with Gasteiger partial charge in [-0.1, -0.05) is 30.3 Å². The smallest absolute Gasteiger partial charge is 0.131 e. The molecule has 0 aromatic heterocycles. The van der Waals surface area contributed by atoms with Gasteiger partial charge in [0.05, 0.1) is 5.41 Å². The molecule has 1 heterocycles. The van der Waals surface area contributed by atoms with Crippen molar-refractivity contribution < 1.29 is 4.79 Å². The summed E-state index contributed by atoms with van der Waals surface area (Å²) in [5.41, 5.74) is 0.744. The normalized spacial score (nSPS) is 24.5. The highest BCUT2D eigenvalue weighted by Gasteiger charge is 2.32. The summed E-state index contributed by atoms with van der Waals surface area (Å²) in [6.07, 6.45) is 3.61. The molecule has 1 aliphatic rings. The molecular formula is C15H21NO. The average Bonchev–Trinajstić information content (AvgIpc) is 2.76. The Bertz CT molecular complexity index is 376. The lowest BCUT2D eigenvalue weighted by atomic mass is 9.83. The Hall–Kier alpha value is -1.15. The quantitative estimate of drug-likeness (QED) is 0.742. The summed E-state index contributed by atoms with van der Waals surface area (Å²) in [7, 11) is 0. The SMILES string of the molecule is CC1CCCN1CC(C)(C=O)c1ccccc1. The third-order valence-corrected chi connectivity index (χ3v) is 3.92. The summed E-state index contributed by atoms with van der Waals surface area (Å²) >= 11 is 0. The first-order chi connectivity index (χ1) is 8.15. The number of carbonyl (C=O) groups excluding carboxylic acids is 1. The third kappa shape index (κ3) is 2.58. The van der Waals surface area contributed by atoms with Gasteiger partial charge in [0.15, 0.2) is 0 Å². The fraction of sp³-hybridized carbons (Fsp3) is 0.533. The average molecular weight is 231 g/mol. The molecule has 2 atom stereocenters. The molecule has 92 valence electrons. The van der Waals surface area contributed by atoms with E-state index in [1.54, 1.807) is 0 Å². The molecule has 2 nitrogen and oxygen atoms in total. The summed E-state index contributed by atoms with van der Waals surface area (Å²) in [6, 6.07) is 10.7. The highest BCUT2D eigenvalue weighted by Crippen LogP contribution is 2.26. The van der Waals surface area contributed by atoms with Crippen molar-refractivity contribution in [1.82, 2.24) is 4.90 Å². The Balaban J connectivity index is 2.17. The minimum Gasteiger partial charge on any atom is -0.302 e. The van der Waals surface area contributed by atoms with Crippen LogP contribution in [0.25, 0.3) is 0 Å². The molecule has 0 N–H and O–H groups in total. The first-order valence-corrected chi connectivity index (χ1v) is 6.41. The van der Waals surface area contributed by atoms with Crippen molar-refractivity contribution in [2.24, 2.45) is 0 Å². The van der Waals surface area contributed by atoms with E-state index < -0.39 is 0 Å². The number of likely N-dealkylation sites (tertiary alicyclic amines) is 1. The van der Waals surface area contributed by atoms with Crippen LogP contribution in [-0.2, 0) is 10.2 Å². The molecular weight excluding hydrogens is 210 g/mol. The Kier molecular flexibility index (Phi) is 3.63. The molecule has 0 bridgehead atoms. The van der Waals surface area contributed by atoms with Crippen LogP contribution in [0, 0.1) is 0 Å². The fourth-order valence-electron chi connectivity index (χ4n) is 2.67. The van der Waals surface area contributed by atoms with Crippen LogP contribution in [0.5, 0.6) is 0 Å². The summed E-state index contributed by atoms with van der Waals surface area (Å²) in [5.74, 6) is 0. The van der Waals surface area contributed by atoms with Crippen LogP contribution in [-0.4, -0.2) is 30.3 Å². The maximum atomic E-state index is 11.5. The molecule has 17 heavy (non-hydrogen) atoms. The number of hydrogen-bond donors (Lipinski definition) is 0. The number of aldehydes is 1. The molecule has 0 saturated carbocycles. The lowest BCUT2D eigenvalue weighted by Crippen LogP contribution is -2.41. The molecule has 1 aromatic carbocycles. The zero-order valence-corrected chi connectivity index (χ0v) is 10.7. The van der Waals surface area contributed by atoms with Gasteiger partial charge in [-0.2, -0.15) is 0 Å². The number of nitrogens with zero attached hydrogens (tertiary/aromatic N) is 1. The van der Waals surface area contributed by atoms with E-state index in [-0.39, 0.29) is 5.41 Å². The molecule has 1 aliphatic heterocycles. The van der Waals surface area contributed by atoms with Crippen LogP contribution >= 0.6 is 0 Å². The minimum absolute atomic E-state index is 0.375. The first-order valence-electron chi connectivity index (χ1n) is 6.41. The van der Waals surface area contributed by atoms with Gasteiger partial charge in [0.2, 0.25) is 0 Å². The van der Waals surface area contributed by atoms with E-state index in [4.69, 9.17) is 0 Å².